The molecule has 0 radical (unpaired) electrons. The van der Waals surface area contributed by atoms with Crippen LogP contribution in [0.15, 0.2) is 29.1 Å². The zero-order valence-electron chi connectivity index (χ0n) is 26.6. The van der Waals surface area contributed by atoms with E-state index in [0.29, 0.717) is 50.4 Å². The molecule has 45 heavy (non-hydrogen) atoms. The van der Waals surface area contributed by atoms with E-state index in [4.69, 9.17) is 15.2 Å². The summed E-state index contributed by atoms with van der Waals surface area (Å²) in [6.45, 7) is 6.64. The summed E-state index contributed by atoms with van der Waals surface area (Å²) in [6, 6.07) is 7.70. The Bertz CT molecular complexity index is 1540. The summed E-state index contributed by atoms with van der Waals surface area (Å²) >= 11 is 0. The second-order valence-electron chi connectivity index (χ2n) is 11.4. The number of anilines is 1. The number of amides is 2. The Hall–Kier alpha value is -4.46. The summed E-state index contributed by atoms with van der Waals surface area (Å²) < 4.78 is 11.9. The molecule has 3 heterocycles. The van der Waals surface area contributed by atoms with E-state index in [1.807, 2.05) is 24.3 Å². The van der Waals surface area contributed by atoms with Gasteiger partial charge in [-0.1, -0.05) is 37.6 Å². The summed E-state index contributed by atoms with van der Waals surface area (Å²) in [7, 11) is 3.15. The second-order valence-corrected chi connectivity index (χ2v) is 11.4. The van der Waals surface area contributed by atoms with Crippen LogP contribution in [0.2, 0.25) is 0 Å². The highest BCUT2D eigenvalue weighted by molar-refractivity contribution is 5.82. The molecule has 14 nitrogen and oxygen atoms in total. The van der Waals surface area contributed by atoms with E-state index < -0.39 is 0 Å². The topological polar surface area (TPSA) is 169 Å². The molecule has 2 aromatic heterocycles. The Labute approximate surface area is 262 Å². The summed E-state index contributed by atoms with van der Waals surface area (Å²) in [6.07, 6.45) is 3.25. The van der Waals surface area contributed by atoms with E-state index >= 15 is 0 Å². The maximum Gasteiger partial charge on any atom is 0.327 e. The maximum atomic E-state index is 13.7. The lowest BCUT2D eigenvalue weighted by atomic mass is 10.1. The number of methoxy groups -OCH3 is 1. The minimum Gasteiger partial charge on any atom is -0.469 e. The van der Waals surface area contributed by atoms with Crippen LogP contribution in [-0.4, -0.2) is 105 Å². The molecule has 4 rings (SSSR count). The zero-order chi connectivity index (χ0) is 32.5. The monoisotopic (exact) mass is 624 g/mol. The average molecular weight is 625 g/mol. The average Bonchev–Trinajstić information content (AvgIpc) is 3.61. The Morgan fingerprint density at radius 1 is 1.13 bits per heavy atom. The number of esters is 1. The molecule has 2 amide bonds. The third-order valence-corrected chi connectivity index (χ3v) is 8.14. The highest BCUT2D eigenvalue weighted by Gasteiger charge is 2.29. The summed E-state index contributed by atoms with van der Waals surface area (Å²) in [5.74, 6) is -0.235. The minimum absolute atomic E-state index is 0.00430. The van der Waals surface area contributed by atoms with Crippen LogP contribution in [0.4, 0.5) is 5.82 Å². The number of benzene rings is 1. The van der Waals surface area contributed by atoms with Crippen molar-refractivity contribution in [1.29, 1.82) is 0 Å². The molecule has 1 aliphatic heterocycles. The first kappa shape index (κ1) is 33.4. The van der Waals surface area contributed by atoms with Gasteiger partial charge in [0.2, 0.25) is 11.8 Å². The van der Waals surface area contributed by atoms with Gasteiger partial charge in [-0.15, -0.1) is 0 Å². The number of aromatic amines is 1. The quantitative estimate of drug-likeness (QED) is 0.187. The van der Waals surface area contributed by atoms with Gasteiger partial charge in [-0.2, -0.15) is 9.97 Å². The fourth-order valence-corrected chi connectivity index (χ4v) is 5.36. The van der Waals surface area contributed by atoms with Crippen LogP contribution in [0.25, 0.3) is 11.2 Å². The van der Waals surface area contributed by atoms with E-state index in [1.165, 1.54) is 11.7 Å². The Kier molecular flexibility index (Phi) is 11.5. The number of ether oxygens (including phenoxy) is 2. The van der Waals surface area contributed by atoms with E-state index in [2.05, 4.69) is 26.8 Å². The van der Waals surface area contributed by atoms with Crippen LogP contribution in [0, 0.1) is 0 Å². The molecule has 3 N–H and O–H groups in total. The molecule has 1 unspecified atom stereocenters. The Morgan fingerprint density at radius 2 is 1.87 bits per heavy atom. The van der Waals surface area contributed by atoms with Crippen molar-refractivity contribution in [1.82, 2.24) is 34.2 Å². The summed E-state index contributed by atoms with van der Waals surface area (Å²) in [4.78, 5) is 66.9. The number of H-pyrrole nitrogens is 1. The van der Waals surface area contributed by atoms with Crippen LogP contribution >= 0.6 is 0 Å². The van der Waals surface area contributed by atoms with E-state index in [1.54, 1.807) is 23.8 Å². The van der Waals surface area contributed by atoms with Crippen LogP contribution in [-0.2, 0) is 38.6 Å². The number of likely N-dealkylation sites (N-methyl/N-ethyl adjacent to an activating group) is 1. The van der Waals surface area contributed by atoms with Crippen molar-refractivity contribution in [2.24, 2.45) is 0 Å². The number of aryl methyl sites for hydroxylation is 1. The number of rotatable bonds is 15. The molecular formula is C31H44N8O6. The number of imidazole rings is 1. The number of unbranched alkanes of at least 4 members (excludes halogenated alkanes) is 1. The molecule has 1 aliphatic rings. The molecular weight excluding hydrogens is 580 g/mol. The van der Waals surface area contributed by atoms with Gasteiger partial charge in [-0.25, -0.2) is 4.79 Å². The largest absolute Gasteiger partial charge is 0.469 e. The van der Waals surface area contributed by atoms with Crippen LogP contribution in [0.5, 0.6) is 6.01 Å². The number of carbonyl (C=O) groups is 3. The third kappa shape index (κ3) is 8.81. The number of nitrogens with one attached hydrogen (secondary N) is 1. The molecule has 1 atom stereocenters. The van der Waals surface area contributed by atoms with Gasteiger partial charge in [0.15, 0.2) is 11.5 Å². The van der Waals surface area contributed by atoms with E-state index in [0.717, 1.165) is 36.9 Å². The number of nitrogens with zero attached hydrogens (tertiary/aromatic N) is 6. The number of nitrogen functional groups attached to an aromatic ring is 1. The predicted octanol–water partition coefficient (Wildman–Crippen LogP) is 1.57. The van der Waals surface area contributed by atoms with Gasteiger partial charge < -0.3 is 30.0 Å². The molecule has 244 valence electrons. The van der Waals surface area contributed by atoms with Gasteiger partial charge in [0.25, 0.3) is 0 Å². The highest BCUT2D eigenvalue weighted by atomic mass is 16.5. The van der Waals surface area contributed by atoms with E-state index in [9.17, 15) is 19.2 Å². The smallest absolute Gasteiger partial charge is 0.327 e. The predicted molar refractivity (Wildman–Crippen MR) is 168 cm³/mol. The molecule has 3 aromatic rings. The number of hydrogen-bond acceptors (Lipinski definition) is 10. The molecule has 1 fully saturated rings. The van der Waals surface area contributed by atoms with Crippen molar-refractivity contribution in [2.45, 2.75) is 65.1 Å². The summed E-state index contributed by atoms with van der Waals surface area (Å²) in [5, 5.41) is 0. The Balaban J connectivity index is 1.47. The molecule has 0 aliphatic carbocycles. The van der Waals surface area contributed by atoms with Gasteiger partial charge in [0.05, 0.1) is 26.7 Å². The lowest BCUT2D eigenvalue weighted by Crippen LogP contribution is -2.42. The second kappa shape index (κ2) is 15.5. The van der Waals surface area contributed by atoms with Gasteiger partial charge >= 0.3 is 17.7 Å². The van der Waals surface area contributed by atoms with Gasteiger partial charge in [0.1, 0.15) is 5.52 Å². The highest BCUT2D eigenvalue weighted by Crippen LogP contribution is 2.19. The lowest BCUT2D eigenvalue weighted by molar-refractivity contribution is -0.139. The third-order valence-electron chi connectivity index (χ3n) is 8.14. The van der Waals surface area contributed by atoms with Crippen LogP contribution in [0.3, 0.4) is 0 Å². The zero-order valence-corrected chi connectivity index (χ0v) is 26.6. The standard InChI is InChI=1S/C31H44N8O6/c1-5-6-16-45-30-34-28(32)27-29(35-30)39(31(43)33-27)14-7-13-38(18-23-10-8-22(9-11-23)17-26(42)44-4)25(41)20-37-15-12-24(19-37)36(3)21(2)40/h8-11,24H,5-7,12-20H2,1-4H3,(H,33,43)(H2,32,34,35). The number of fused-ring (bicyclic) bond motifs is 1. The molecule has 1 saturated heterocycles. The number of hydrogen-bond donors (Lipinski definition) is 2. The molecule has 1 aromatic carbocycles. The van der Waals surface area contributed by atoms with Crippen molar-refractivity contribution >= 4 is 34.8 Å². The molecule has 0 bridgehead atoms. The van der Waals surface area contributed by atoms with Gasteiger partial charge in [-0.3, -0.25) is 23.9 Å². The van der Waals surface area contributed by atoms with Gasteiger partial charge in [0, 0.05) is 52.7 Å². The van der Waals surface area contributed by atoms with Crippen molar-refractivity contribution in [2.75, 3.05) is 52.7 Å². The van der Waals surface area contributed by atoms with Crippen molar-refractivity contribution < 1.29 is 23.9 Å². The van der Waals surface area contributed by atoms with E-state index in [-0.39, 0.29) is 54.3 Å². The number of aromatic nitrogens is 4. The maximum absolute atomic E-state index is 13.7. The Morgan fingerprint density at radius 3 is 2.56 bits per heavy atom. The van der Waals surface area contributed by atoms with Crippen LogP contribution in [0.1, 0.15) is 50.7 Å². The van der Waals surface area contributed by atoms with Crippen molar-refractivity contribution in [3.8, 4) is 6.01 Å². The molecule has 14 heteroatoms. The van der Waals surface area contributed by atoms with Crippen molar-refractivity contribution in [3.05, 3.63) is 45.9 Å². The molecule has 0 spiro atoms. The first-order valence-corrected chi connectivity index (χ1v) is 15.4. The minimum atomic E-state index is -0.367. The SMILES string of the molecule is CCCCOc1nc(N)c2[nH]c(=O)n(CCCN(Cc3ccc(CC(=O)OC)cc3)C(=O)CN3CCC(N(C)C(C)=O)C3)c2n1. The fourth-order valence-electron chi connectivity index (χ4n) is 5.36. The fraction of sp³-hybridized carbons (Fsp3) is 0.548. The lowest BCUT2D eigenvalue weighted by Gasteiger charge is -2.27. The number of carbonyl (C=O) groups excluding carboxylic acids is 3. The summed E-state index contributed by atoms with van der Waals surface area (Å²) in [5.41, 5.74) is 8.16. The molecule has 0 saturated carbocycles. The first-order valence-electron chi connectivity index (χ1n) is 15.4. The number of nitrogens with two attached hydrogens (primary N) is 1. The van der Waals surface area contributed by atoms with Gasteiger partial charge in [-0.05, 0) is 30.4 Å². The van der Waals surface area contributed by atoms with Crippen LogP contribution < -0.4 is 16.2 Å². The van der Waals surface area contributed by atoms with Crippen molar-refractivity contribution in [3.63, 3.8) is 0 Å². The number of likely N-dealkylation sites (tertiary alicyclic amines) is 1. The first-order chi connectivity index (χ1) is 21.6. The normalized spacial score (nSPS) is 14.9.